The second-order valence-corrected chi connectivity index (χ2v) is 5.79. The Labute approximate surface area is 121 Å². The third kappa shape index (κ3) is 3.97. The van der Waals surface area contributed by atoms with Crippen LogP contribution in [0, 0.1) is 6.92 Å². The first-order valence-corrected chi connectivity index (χ1v) is 7.36. The van der Waals surface area contributed by atoms with E-state index < -0.39 is 6.43 Å². The van der Waals surface area contributed by atoms with Gasteiger partial charge in [-0.2, -0.15) is 0 Å². The fourth-order valence-electron chi connectivity index (χ4n) is 2.47. The Morgan fingerprint density at radius 1 is 1.32 bits per heavy atom. The average Bonchev–Trinajstić information content (AvgIpc) is 2.40. The summed E-state index contributed by atoms with van der Waals surface area (Å²) in [7, 11) is 0. The van der Waals surface area contributed by atoms with Gasteiger partial charge in [0.15, 0.2) is 0 Å². The van der Waals surface area contributed by atoms with Gasteiger partial charge >= 0.3 is 0 Å². The summed E-state index contributed by atoms with van der Waals surface area (Å²) >= 11 is 3.49. The number of benzene rings is 1. The molecule has 0 aromatic heterocycles. The summed E-state index contributed by atoms with van der Waals surface area (Å²) in [6.07, 6.45) is -2.38. The monoisotopic (exact) mass is 332 g/mol. The molecule has 1 saturated heterocycles. The molecule has 1 aromatic rings. The van der Waals surface area contributed by atoms with Crippen molar-refractivity contribution in [1.82, 2.24) is 10.2 Å². The molecule has 1 aromatic carbocycles. The fourth-order valence-corrected chi connectivity index (χ4v) is 2.87. The summed E-state index contributed by atoms with van der Waals surface area (Å²) in [5.74, 6) is 0. The molecule has 2 nitrogen and oxygen atoms in total. The van der Waals surface area contributed by atoms with E-state index in [0.717, 1.165) is 41.8 Å². The first kappa shape index (κ1) is 14.9. The van der Waals surface area contributed by atoms with Gasteiger partial charge in [0.25, 0.3) is 0 Å². The quantitative estimate of drug-likeness (QED) is 0.909. The zero-order valence-electron chi connectivity index (χ0n) is 11.0. The number of nitrogens with one attached hydrogen (secondary N) is 1. The fraction of sp³-hybridized carbons (Fsp3) is 0.571. The molecule has 0 unspecified atom stereocenters. The molecule has 1 aliphatic rings. The van der Waals surface area contributed by atoms with Crippen molar-refractivity contribution in [2.45, 2.75) is 25.8 Å². The van der Waals surface area contributed by atoms with Crippen LogP contribution < -0.4 is 5.32 Å². The SMILES string of the molecule is Cc1ccc([C@@H](CC(F)F)N2CCNCC2)cc1Br. The molecular weight excluding hydrogens is 314 g/mol. The molecule has 0 bridgehead atoms. The largest absolute Gasteiger partial charge is 0.314 e. The van der Waals surface area contributed by atoms with Crippen molar-refractivity contribution in [3.63, 3.8) is 0 Å². The van der Waals surface area contributed by atoms with Gasteiger partial charge in [-0.15, -0.1) is 0 Å². The summed E-state index contributed by atoms with van der Waals surface area (Å²) in [4.78, 5) is 2.15. The first-order chi connectivity index (χ1) is 9.08. The molecule has 106 valence electrons. The molecule has 1 N–H and O–H groups in total. The number of halogens is 3. The molecule has 0 radical (unpaired) electrons. The molecular formula is C14H19BrF2N2. The number of alkyl halides is 2. The minimum absolute atomic E-state index is 0.102. The Hall–Kier alpha value is -0.520. The van der Waals surface area contributed by atoms with Crippen molar-refractivity contribution >= 4 is 15.9 Å². The van der Waals surface area contributed by atoms with Crippen LogP contribution in [0.25, 0.3) is 0 Å². The molecule has 19 heavy (non-hydrogen) atoms. The van der Waals surface area contributed by atoms with Crippen molar-refractivity contribution in [1.29, 1.82) is 0 Å². The van der Waals surface area contributed by atoms with E-state index in [1.807, 2.05) is 25.1 Å². The van der Waals surface area contributed by atoms with Gasteiger partial charge < -0.3 is 5.32 Å². The van der Waals surface area contributed by atoms with Crippen LogP contribution in [0.2, 0.25) is 0 Å². The molecule has 2 rings (SSSR count). The van der Waals surface area contributed by atoms with Crippen molar-refractivity contribution < 1.29 is 8.78 Å². The summed E-state index contributed by atoms with van der Waals surface area (Å²) in [6, 6.07) is 5.73. The van der Waals surface area contributed by atoms with Crippen LogP contribution in [0.4, 0.5) is 8.78 Å². The van der Waals surface area contributed by atoms with E-state index in [0.29, 0.717) is 0 Å². The van der Waals surface area contributed by atoms with E-state index in [9.17, 15) is 8.78 Å². The maximum Gasteiger partial charge on any atom is 0.240 e. The number of aryl methyl sites for hydroxylation is 1. The van der Waals surface area contributed by atoms with Crippen molar-refractivity contribution in [2.75, 3.05) is 26.2 Å². The number of piperazine rings is 1. The second-order valence-electron chi connectivity index (χ2n) is 4.94. The van der Waals surface area contributed by atoms with E-state index in [4.69, 9.17) is 0 Å². The predicted octanol–water partition coefficient (Wildman–Crippen LogP) is 3.36. The predicted molar refractivity (Wildman–Crippen MR) is 76.7 cm³/mol. The normalized spacial score (nSPS) is 18.8. The highest BCUT2D eigenvalue weighted by atomic mass is 79.9. The minimum atomic E-state index is -2.28. The lowest BCUT2D eigenvalue weighted by molar-refractivity contribution is 0.0739. The molecule has 1 heterocycles. The Morgan fingerprint density at radius 2 is 2.00 bits per heavy atom. The summed E-state index contributed by atoms with van der Waals surface area (Å²) < 4.78 is 26.7. The lowest BCUT2D eigenvalue weighted by Gasteiger charge is -2.35. The lowest BCUT2D eigenvalue weighted by atomic mass is 10.00. The summed E-state index contributed by atoms with van der Waals surface area (Å²) in [5.41, 5.74) is 2.10. The zero-order valence-corrected chi connectivity index (χ0v) is 12.6. The highest BCUT2D eigenvalue weighted by Gasteiger charge is 2.25. The van der Waals surface area contributed by atoms with Gasteiger partial charge in [0, 0.05) is 43.1 Å². The Bertz CT molecular complexity index is 420. The topological polar surface area (TPSA) is 15.3 Å². The highest BCUT2D eigenvalue weighted by Crippen LogP contribution is 2.30. The van der Waals surface area contributed by atoms with Gasteiger partial charge in [-0.1, -0.05) is 28.1 Å². The third-order valence-corrected chi connectivity index (χ3v) is 4.43. The van der Waals surface area contributed by atoms with Gasteiger partial charge in [0.1, 0.15) is 0 Å². The number of nitrogens with zero attached hydrogens (tertiary/aromatic N) is 1. The zero-order chi connectivity index (χ0) is 13.8. The van der Waals surface area contributed by atoms with Crippen LogP contribution in [0.3, 0.4) is 0 Å². The smallest absolute Gasteiger partial charge is 0.240 e. The van der Waals surface area contributed by atoms with Crippen molar-refractivity contribution in [2.24, 2.45) is 0 Å². The van der Waals surface area contributed by atoms with E-state index in [1.54, 1.807) is 0 Å². The Kier molecular flexibility index (Phi) is 5.30. The van der Waals surface area contributed by atoms with Crippen LogP contribution in [0.15, 0.2) is 22.7 Å². The van der Waals surface area contributed by atoms with Gasteiger partial charge in [0.05, 0.1) is 0 Å². The molecule has 0 amide bonds. The number of rotatable bonds is 4. The molecule has 1 fully saturated rings. The van der Waals surface area contributed by atoms with Crippen molar-refractivity contribution in [3.8, 4) is 0 Å². The van der Waals surface area contributed by atoms with E-state index >= 15 is 0 Å². The standard InChI is InChI=1S/C14H19BrF2N2/c1-10-2-3-11(8-12(10)15)13(9-14(16)17)19-6-4-18-5-7-19/h2-3,8,13-14,18H,4-7,9H2,1H3/t13-/m1/s1. The van der Waals surface area contributed by atoms with Gasteiger partial charge in [-0.05, 0) is 24.1 Å². The van der Waals surface area contributed by atoms with Crippen LogP contribution >= 0.6 is 15.9 Å². The van der Waals surface area contributed by atoms with Crippen LogP contribution in [0.5, 0.6) is 0 Å². The Balaban J connectivity index is 2.22. The molecule has 1 atom stereocenters. The lowest BCUT2D eigenvalue weighted by Crippen LogP contribution is -2.45. The average molecular weight is 333 g/mol. The second kappa shape index (κ2) is 6.77. The van der Waals surface area contributed by atoms with Gasteiger partial charge in [0.2, 0.25) is 6.43 Å². The third-order valence-electron chi connectivity index (χ3n) is 3.57. The summed E-state index contributed by atoms with van der Waals surface area (Å²) in [6.45, 7) is 5.38. The molecule has 0 aliphatic carbocycles. The maximum absolute atomic E-state index is 12.9. The van der Waals surface area contributed by atoms with E-state index in [-0.39, 0.29) is 12.5 Å². The molecule has 0 spiro atoms. The molecule has 0 saturated carbocycles. The first-order valence-electron chi connectivity index (χ1n) is 6.57. The van der Waals surface area contributed by atoms with Crippen LogP contribution in [-0.4, -0.2) is 37.5 Å². The van der Waals surface area contributed by atoms with Crippen LogP contribution in [0.1, 0.15) is 23.6 Å². The van der Waals surface area contributed by atoms with E-state index in [1.165, 1.54) is 0 Å². The van der Waals surface area contributed by atoms with Gasteiger partial charge in [-0.3, -0.25) is 4.90 Å². The van der Waals surface area contributed by atoms with E-state index in [2.05, 4.69) is 26.1 Å². The van der Waals surface area contributed by atoms with Crippen molar-refractivity contribution in [3.05, 3.63) is 33.8 Å². The highest BCUT2D eigenvalue weighted by molar-refractivity contribution is 9.10. The molecule has 5 heteroatoms. The van der Waals surface area contributed by atoms with Gasteiger partial charge in [-0.25, -0.2) is 8.78 Å². The minimum Gasteiger partial charge on any atom is -0.314 e. The maximum atomic E-state index is 12.9. The number of hydrogen-bond acceptors (Lipinski definition) is 2. The Morgan fingerprint density at radius 3 is 2.58 bits per heavy atom. The summed E-state index contributed by atoms with van der Waals surface area (Å²) in [5, 5.41) is 3.26. The molecule has 1 aliphatic heterocycles. The number of hydrogen-bond donors (Lipinski definition) is 1. The van der Waals surface area contributed by atoms with Crippen LogP contribution in [-0.2, 0) is 0 Å².